The number of nitrogens with one attached hydrogen (secondary N) is 1. The number of Topliss-reactive ketones (excluding diaryl/α,β-unsaturated/α-hetero) is 1. The van der Waals surface area contributed by atoms with Crippen molar-refractivity contribution >= 4 is 11.7 Å². The lowest BCUT2D eigenvalue weighted by Crippen LogP contribution is -2.58. The molecule has 30 heavy (non-hydrogen) atoms. The highest BCUT2D eigenvalue weighted by Gasteiger charge is 2.64. The number of nitrogens with zero attached hydrogens (tertiary/aromatic N) is 1. The number of aliphatic hydroxyl groups excluding tert-OH is 2. The molecule has 3 aliphatic rings. The first-order valence-electron chi connectivity index (χ1n) is 9.34. The third-order valence-electron chi connectivity index (χ3n) is 6.75. The summed E-state index contributed by atoms with van der Waals surface area (Å²) in [4.78, 5) is 24.2. The number of hydrogen-bond donors (Lipinski definition) is 7. The number of carbonyl (C=O) groups excluding carboxylic acids is 2. The number of H-pyrrole nitrogens is 1. The zero-order valence-electron chi connectivity index (χ0n) is 15.7. The van der Waals surface area contributed by atoms with Gasteiger partial charge in [0.2, 0.25) is 0 Å². The molecule has 5 atom stereocenters. The summed E-state index contributed by atoms with van der Waals surface area (Å²) >= 11 is 0. The number of aromatic hydroxyl groups is 1. The van der Waals surface area contributed by atoms with Gasteiger partial charge in [-0.15, -0.1) is 0 Å². The number of phenolic OH excluding ortho intramolecular Hbond substituents is 1. The molecule has 10 nitrogen and oxygen atoms in total. The minimum atomic E-state index is -2.35. The first-order chi connectivity index (χ1) is 14.0. The van der Waals surface area contributed by atoms with Crippen LogP contribution in [0.25, 0.3) is 11.3 Å². The van der Waals surface area contributed by atoms with Crippen LogP contribution in [0.1, 0.15) is 36.1 Å². The van der Waals surface area contributed by atoms with Gasteiger partial charge in [0.25, 0.3) is 5.91 Å². The molecule has 3 aliphatic carbocycles. The molecule has 1 heterocycles. The Hall–Kier alpha value is -3.21. The molecule has 0 aliphatic heterocycles. The fraction of sp³-hybridized carbons (Fsp3) is 0.350. The van der Waals surface area contributed by atoms with E-state index in [1.54, 1.807) is 12.1 Å². The van der Waals surface area contributed by atoms with Gasteiger partial charge in [0.05, 0.1) is 23.0 Å². The lowest BCUT2D eigenvalue weighted by Gasteiger charge is -2.52. The molecule has 10 heteroatoms. The number of benzene rings is 1. The summed E-state index contributed by atoms with van der Waals surface area (Å²) in [7, 11) is 0. The van der Waals surface area contributed by atoms with Gasteiger partial charge >= 0.3 is 0 Å². The molecule has 1 aromatic heterocycles. The van der Waals surface area contributed by atoms with E-state index in [2.05, 4.69) is 10.2 Å². The highest BCUT2D eigenvalue weighted by molar-refractivity contribution is 6.20. The van der Waals surface area contributed by atoms with Gasteiger partial charge in [0, 0.05) is 23.8 Å². The zero-order chi connectivity index (χ0) is 21.7. The van der Waals surface area contributed by atoms with Gasteiger partial charge in [-0.05, 0) is 18.6 Å². The van der Waals surface area contributed by atoms with E-state index in [9.17, 15) is 35.1 Å². The van der Waals surface area contributed by atoms with Crippen LogP contribution in [-0.4, -0.2) is 53.5 Å². The molecule has 0 radical (unpaired) electrons. The molecule has 2 aromatic rings. The number of hydrogen-bond acceptors (Lipinski definition) is 8. The second kappa shape index (κ2) is 5.48. The molecule has 156 valence electrons. The van der Waals surface area contributed by atoms with Crippen LogP contribution in [0.15, 0.2) is 29.5 Å². The van der Waals surface area contributed by atoms with Crippen molar-refractivity contribution in [2.75, 3.05) is 0 Å². The van der Waals surface area contributed by atoms with E-state index in [1.165, 1.54) is 13.0 Å². The monoisotopic (exact) mass is 413 g/mol. The number of amides is 1. The van der Waals surface area contributed by atoms with E-state index in [1.807, 2.05) is 0 Å². The maximum Gasteiger partial charge on any atom is 0.255 e. The lowest BCUT2D eigenvalue weighted by molar-refractivity contribution is -0.149. The summed E-state index contributed by atoms with van der Waals surface area (Å²) in [5, 5.41) is 62.1. The summed E-state index contributed by atoms with van der Waals surface area (Å²) in [6.07, 6.45) is -1.97. The number of aromatic amines is 1. The highest BCUT2D eigenvalue weighted by Crippen LogP contribution is 2.61. The predicted octanol–water partition coefficient (Wildman–Crippen LogP) is -0.465. The van der Waals surface area contributed by atoms with Crippen LogP contribution in [0, 0.1) is 5.92 Å². The van der Waals surface area contributed by atoms with Crippen molar-refractivity contribution in [3.63, 3.8) is 0 Å². The number of carbonyl (C=O) groups is 2. The summed E-state index contributed by atoms with van der Waals surface area (Å²) in [6, 6.07) is 4.55. The minimum Gasteiger partial charge on any atom is -0.508 e. The van der Waals surface area contributed by atoms with E-state index < -0.39 is 58.6 Å². The number of ketones is 1. The maximum atomic E-state index is 12.5. The number of aliphatic hydroxyl groups is 4. The Balaban J connectivity index is 1.88. The quantitative estimate of drug-likeness (QED) is 0.305. The molecule has 0 spiro atoms. The normalized spacial score (nSPS) is 34.3. The van der Waals surface area contributed by atoms with E-state index in [-0.39, 0.29) is 28.3 Å². The summed E-state index contributed by atoms with van der Waals surface area (Å²) < 4.78 is 0. The standard InChI is InChI=1S/C20H19N3O7/c1-19(29)6-3-2-4-8(24)10(6)14-12-13(19)15(26)7-5-9(25)11(18(21)28)17(27)20(7,30)16(12)23-22-14/h2-4,7,13,15,24,26-27,29-30H,5H2,1H3,(H2,21,28)(H,22,23)/t7-,13-,15-,19-,20+/m1/s1. The Bertz CT molecular complexity index is 1180. The topological polar surface area (TPSA) is 190 Å². The molecule has 5 rings (SSSR count). The molecular weight excluding hydrogens is 394 g/mol. The molecule has 0 fully saturated rings. The molecule has 1 amide bonds. The van der Waals surface area contributed by atoms with E-state index in [0.717, 1.165) is 0 Å². The van der Waals surface area contributed by atoms with Crippen LogP contribution in [0.4, 0.5) is 0 Å². The van der Waals surface area contributed by atoms with Crippen molar-refractivity contribution in [2.45, 2.75) is 36.6 Å². The molecular formula is C20H19N3O7. The van der Waals surface area contributed by atoms with Gasteiger partial charge < -0.3 is 31.3 Å². The summed E-state index contributed by atoms with van der Waals surface area (Å²) in [5.41, 5.74) is 1.27. The van der Waals surface area contributed by atoms with Gasteiger partial charge in [-0.1, -0.05) is 12.1 Å². The Morgan fingerprint density at radius 2 is 2.00 bits per heavy atom. The molecule has 1 aromatic carbocycles. The Morgan fingerprint density at radius 3 is 2.67 bits per heavy atom. The van der Waals surface area contributed by atoms with Crippen molar-refractivity contribution in [2.24, 2.45) is 11.7 Å². The maximum absolute atomic E-state index is 12.5. The second-order valence-electron chi connectivity index (χ2n) is 8.26. The molecule has 0 unspecified atom stereocenters. The SMILES string of the molecule is C[C@@]1(O)c2cccc(O)c2-c2n[nH]c3c2[C@@H]1[C@H](O)[C@H]1CC(=O)C(C(N)=O)=C(O)[C@@]31O. The molecule has 8 N–H and O–H groups in total. The summed E-state index contributed by atoms with van der Waals surface area (Å²) in [6.45, 7) is 1.46. The van der Waals surface area contributed by atoms with Crippen LogP contribution in [0.5, 0.6) is 5.75 Å². The van der Waals surface area contributed by atoms with Gasteiger partial charge in [-0.2, -0.15) is 5.10 Å². The van der Waals surface area contributed by atoms with Crippen molar-refractivity contribution in [3.8, 4) is 17.0 Å². The Labute approximate surface area is 169 Å². The van der Waals surface area contributed by atoms with E-state index >= 15 is 0 Å². The van der Waals surface area contributed by atoms with Crippen molar-refractivity contribution in [1.82, 2.24) is 10.2 Å². The third-order valence-corrected chi connectivity index (χ3v) is 6.75. The van der Waals surface area contributed by atoms with E-state index in [4.69, 9.17) is 5.73 Å². The fourth-order valence-corrected chi connectivity index (χ4v) is 5.40. The largest absolute Gasteiger partial charge is 0.508 e. The average molecular weight is 413 g/mol. The molecule has 0 saturated carbocycles. The Morgan fingerprint density at radius 1 is 1.30 bits per heavy atom. The zero-order valence-corrected chi connectivity index (χ0v) is 15.7. The minimum absolute atomic E-state index is 0.0734. The van der Waals surface area contributed by atoms with Crippen molar-refractivity contribution in [1.29, 1.82) is 0 Å². The van der Waals surface area contributed by atoms with Crippen LogP contribution in [-0.2, 0) is 20.8 Å². The highest BCUT2D eigenvalue weighted by atomic mass is 16.3. The first kappa shape index (κ1) is 18.8. The number of aromatic nitrogens is 2. The second-order valence-corrected chi connectivity index (χ2v) is 8.26. The van der Waals surface area contributed by atoms with Crippen LogP contribution < -0.4 is 5.73 Å². The van der Waals surface area contributed by atoms with Crippen LogP contribution in [0.3, 0.4) is 0 Å². The fourth-order valence-electron chi connectivity index (χ4n) is 5.40. The van der Waals surface area contributed by atoms with Gasteiger partial charge in [-0.25, -0.2) is 0 Å². The van der Waals surface area contributed by atoms with Crippen LogP contribution >= 0.6 is 0 Å². The number of nitrogens with two attached hydrogens (primary N) is 1. The van der Waals surface area contributed by atoms with Gasteiger partial charge in [0.15, 0.2) is 11.4 Å². The number of fused-ring (bicyclic) bond motifs is 4. The number of phenols is 1. The van der Waals surface area contributed by atoms with Crippen molar-refractivity contribution < 1.29 is 35.1 Å². The van der Waals surface area contributed by atoms with Crippen LogP contribution in [0.2, 0.25) is 0 Å². The predicted molar refractivity (Wildman–Crippen MR) is 99.9 cm³/mol. The lowest BCUT2D eigenvalue weighted by atomic mass is 9.56. The third kappa shape index (κ3) is 1.91. The smallest absolute Gasteiger partial charge is 0.255 e. The first-order valence-corrected chi connectivity index (χ1v) is 9.34. The molecule has 0 bridgehead atoms. The molecule has 0 saturated heterocycles. The summed E-state index contributed by atoms with van der Waals surface area (Å²) in [5.74, 6) is -5.46. The Kier molecular flexibility index (Phi) is 3.43. The average Bonchev–Trinajstić information content (AvgIpc) is 3.08. The van der Waals surface area contributed by atoms with Gasteiger partial charge in [0.1, 0.15) is 22.8 Å². The van der Waals surface area contributed by atoms with Gasteiger partial charge in [-0.3, -0.25) is 14.7 Å². The van der Waals surface area contributed by atoms with E-state index in [0.29, 0.717) is 5.56 Å². The number of primary amides is 1. The van der Waals surface area contributed by atoms with Crippen molar-refractivity contribution in [3.05, 3.63) is 46.4 Å². The number of rotatable bonds is 1.